The second-order valence-corrected chi connectivity index (χ2v) is 1.87. The molecule has 0 rings (SSSR count). The fourth-order valence-corrected chi connectivity index (χ4v) is 0.486. The Morgan fingerprint density at radius 3 is 2.82 bits per heavy atom. The number of hydrogen-bond donors (Lipinski definition) is 1. The van der Waals surface area contributed by atoms with Crippen LogP contribution in [0.2, 0.25) is 0 Å². The van der Waals surface area contributed by atoms with Crippen molar-refractivity contribution in [3.8, 4) is 0 Å². The van der Waals surface area contributed by atoms with E-state index in [-0.39, 0.29) is 24.6 Å². The summed E-state index contributed by atoms with van der Waals surface area (Å²) < 4.78 is 4.32. The lowest BCUT2D eigenvalue weighted by molar-refractivity contribution is -0.128. The lowest BCUT2D eigenvalue weighted by Gasteiger charge is -2.02. The SMILES string of the molecule is C=C(COC=O)C(=O)NCC. The number of likely N-dealkylation sites (N-methyl/N-ethyl adjacent to an activating group) is 1. The average Bonchev–Trinajstić information content (AvgIpc) is 2.00. The molecule has 0 heterocycles. The summed E-state index contributed by atoms with van der Waals surface area (Å²) in [6.45, 7) is 5.99. The number of ether oxygens (including phenoxy) is 1. The minimum Gasteiger partial charge on any atom is -0.463 e. The van der Waals surface area contributed by atoms with Crippen molar-refractivity contribution in [3.05, 3.63) is 12.2 Å². The lowest BCUT2D eigenvalue weighted by Crippen LogP contribution is -2.25. The molecule has 11 heavy (non-hydrogen) atoms. The second-order valence-electron chi connectivity index (χ2n) is 1.87. The molecule has 0 aromatic carbocycles. The first-order chi connectivity index (χ1) is 5.22. The summed E-state index contributed by atoms with van der Waals surface area (Å²) >= 11 is 0. The predicted molar refractivity (Wildman–Crippen MR) is 39.8 cm³/mol. The summed E-state index contributed by atoms with van der Waals surface area (Å²) in [5.41, 5.74) is 0.249. The van der Waals surface area contributed by atoms with Gasteiger partial charge in [-0.3, -0.25) is 9.59 Å². The predicted octanol–water partition coefficient (Wildman–Crippen LogP) is -0.148. The van der Waals surface area contributed by atoms with Gasteiger partial charge in [0, 0.05) is 12.1 Å². The molecule has 0 aromatic rings. The van der Waals surface area contributed by atoms with Crippen LogP contribution in [0.1, 0.15) is 6.92 Å². The fourth-order valence-electron chi connectivity index (χ4n) is 0.486. The van der Waals surface area contributed by atoms with Gasteiger partial charge in [0.05, 0.1) is 0 Å². The third-order valence-corrected chi connectivity index (χ3v) is 0.984. The van der Waals surface area contributed by atoms with Crippen LogP contribution >= 0.6 is 0 Å². The molecule has 62 valence electrons. The van der Waals surface area contributed by atoms with Gasteiger partial charge < -0.3 is 10.1 Å². The molecule has 0 bridgehead atoms. The molecule has 1 amide bonds. The van der Waals surface area contributed by atoms with E-state index in [2.05, 4.69) is 16.6 Å². The highest BCUT2D eigenvalue weighted by atomic mass is 16.5. The van der Waals surface area contributed by atoms with Crippen LogP contribution in [-0.2, 0) is 14.3 Å². The van der Waals surface area contributed by atoms with Crippen LogP contribution in [0.15, 0.2) is 12.2 Å². The van der Waals surface area contributed by atoms with Crippen molar-refractivity contribution in [1.29, 1.82) is 0 Å². The Labute approximate surface area is 65.2 Å². The molecule has 0 aliphatic rings. The number of nitrogens with one attached hydrogen (secondary N) is 1. The molecule has 1 N–H and O–H groups in total. The molecule has 0 fully saturated rings. The molecule has 4 heteroatoms. The topological polar surface area (TPSA) is 55.4 Å². The maximum Gasteiger partial charge on any atom is 0.293 e. The molecular weight excluding hydrogens is 146 g/mol. The Morgan fingerprint density at radius 1 is 1.73 bits per heavy atom. The normalized spacial score (nSPS) is 8.45. The van der Waals surface area contributed by atoms with Gasteiger partial charge in [0.25, 0.3) is 6.47 Å². The van der Waals surface area contributed by atoms with Crippen molar-refractivity contribution < 1.29 is 14.3 Å². The van der Waals surface area contributed by atoms with Gasteiger partial charge in [-0.1, -0.05) is 6.58 Å². The van der Waals surface area contributed by atoms with Gasteiger partial charge in [0.1, 0.15) is 6.61 Å². The van der Waals surface area contributed by atoms with E-state index in [0.717, 1.165) is 0 Å². The van der Waals surface area contributed by atoms with E-state index in [4.69, 9.17) is 0 Å². The quantitative estimate of drug-likeness (QED) is 0.446. The van der Waals surface area contributed by atoms with Gasteiger partial charge in [-0.2, -0.15) is 0 Å². The maximum atomic E-state index is 10.8. The highest BCUT2D eigenvalue weighted by molar-refractivity contribution is 5.93. The highest BCUT2D eigenvalue weighted by Gasteiger charge is 2.04. The van der Waals surface area contributed by atoms with E-state index in [0.29, 0.717) is 6.54 Å². The van der Waals surface area contributed by atoms with Gasteiger partial charge in [-0.25, -0.2) is 0 Å². The minimum atomic E-state index is -0.283. The van der Waals surface area contributed by atoms with Crippen LogP contribution in [-0.4, -0.2) is 25.5 Å². The molecule has 0 atom stereocenters. The highest BCUT2D eigenvalue weighted by Crippen LogP contribution is 1.89. The second kappa shape index (κ2) is 5.46. The van der Waals surface area contributed by atoms with Crippen LogP contribution in [0.4, 0.5) is 0 Å². The van der Waals surface area contributed by atoms with Gasteiger partial charge in [-0.05, 0) is 6.92 Å². The third kappa shape index (κ3) is 4.13. The number of carbonyl (C=O) groups excluding carboxylic acids is 2. The zero-order valence-corrected chi connectivity index (χ0v) is 6.42. The summed E-state index contributed by atoms with van der Waals surface area (Å²) in [4.78, 5) is 20.5. The van der Waals surface area contributed by atoms with Crippen LogP contribution in [0.3, 0.4) is 0 Å². The van der Waals surface area contributed by atoms with Crippen molar-refractivity contribution in [2.24, 2.45) is 0 Å². The van der Waals surface area contributed by atoms with Crippen LogP contribution in [0, 0.1) is 0 Å². The summed E-state index contributed by atoms with van der Waals surface area (Å²) in [5.74, 6) is -0.283. The van der Waals surface area contributed by atoms with Gasteiger partial charge >= 0.3 is 0 Å². The molecule has 0 unspecified atom stereocenters. The molecule has 0 aromatic heterocycles. The summed E-state index contributed by atoms with van der Waals surface area (Å²) in [6, 6.07) is 0. The molecule has 0 saturated carbocycles. The van der Waals surface area contributed by atoms with E-state index in [1.165, 1.54) is 0 Å². The number of rotatable bonds is 5. The molecule has 0 aliphatic carbocycles. The van der Waals surface area contributed by atoms with E-state index >= 15 is 0 Å². The van der Waals surface area contributed by atoms with E-state index < -0.39 is 0 Å². The lowest BCUT2D eigenvalue weighted by atomic mass is 10.3. The van der Waals surface area contributed by atoms with Crippen molar-refractivity contribution >= 4 is 12.4 Å². The van der Waals surface area contributed by atoms with E-state index in [1.807, 2.05) is 0 Å². The molecule has 0 radical (unpaired) electrons. The fraction of sp³-hybridized carbons (Fsp3) is 0.429. The number of carbonyl (C=O) groups is 2. The molecule has 0 saturated heterocycles. The van der Waals surface area contributed by atoms with E-state index in [1.54, 1.807) is 6.92 Å². The zero-order chi connectivity index (χ0) is 8.69. The first-order valence-electron chi connectivity index (χ1n) is 3.23. The van der Waals surface area contributed by atoms with Gasteiger partial charge in [-0.15, -0.1) is 0 Å². The Kier molecular flexibility index (Phi) is 4.81. The molecule has 0 aliphatic heterocycles. The van der Waals surface area contributed by atoms with Crippen LogP contribution in [0.25, 0.3) is 0 Å². The van der Waals surface area contributed by atoms with Crippen molar-refractivity contribution in [2.75, 3.05) is 13.2 Å². The minimum absolute atomic E-state index is 0.0463. The van der Waals surface area contributed by atoms with E-state index in [9.17, 15) is 9.59 Å². The third-order valence-electron chi connectivity index (χ3n) is 0.984. The van der Waals surface area contributed by atoms with Gasteiger partial charge in [0.15, 0.2) is 0 Å². The summed E-state index contributed by atoms with van der Waals surface area (Å²) in [5, 5.41) is 2.52. The van der Waals surface area contributed by atoms with Gasteiger partial charge in [0.2, 0.25) is 5.91 Å². The first-order valence-corrected chi connectivity index (χ1v) is 3.23. The standard InChI is InChI=1S/C7H11NO3/c1-3-8-7(10)6(2)4-11-5-9/h5H,2-4H2,1H3,(H,8,10). The Bertz CT molecular complexity index is 165. The van der Waals surface area contributed by atoms with Crippen molar-refractivity contribution in [1.82, 2.24) is 5.32 Å². The number of hydrogen-bond acceptors (Lipinski definition) is 3. The zero-order valence-electron chi connectivity index (χ0n) is 6.42. The Balaban J connectivity index is 3.64. The number of amides is 1. The smallest absolute Gasteiger partial charge is 0.293 e. The van der Waals surface area contributed by atoms with Crippen molar-refractivity contribution in [3.63, 3.8) is 0 Å². The maximum absolute atomic E-state index is 10.8. The monoisotopic (exact) mass is 157 g/mol. The van der Waals surface area contributed by atoms with Crippen LogP contribution < -0.4 is 5.32 Å². The summed E-state index contributed by atoms with van der Waals surface area (Å²) in [7, 11) is 0. The Morgan fingerprint density at radius 2 is 2.36 bits per heavy atom. The molecular formula is C7H11NO3. The van der Waals surface area contributed by atoms with Crippen molar-refractivity contribution in [2.45, 2.75) is 6.92 Å². The van der Waals surface area contributed by atoms with Crippen LogP contribution in [0.5, 0.6) is 0 Å². The first kappa shape index (κ1) is 9.68. The molecule has 4 nitrogen and oxygen atoms in total. The molecule has 0 spiro atoms. The Hall–Kier alpha value is -1.32. The largest absolute Gasteiger partial charge is 0.463 e. The summed E-state index contributed by atoms with van der Waals surface area (Å²) in [6.07, 6.45) is 0. The average molecular weight is 157 g/mol.